The topological polar surface area (TPSA) is 72.8 Å². The summed E-state index contributed by atoms with van der Waals surface area (Å²) in [5.74, 6) is -3.97. The molecule has 1 amide bonds. The van der Waals surface area contributed by atoms with Crippen molar-refractivity contribution in [2.45, 2.75) is 24.9 Å². The molecule has 2 fully saturated rings. The second-order valence-electron chi connectivity index (χ2n) is 6.80. The zero-order chi connectivity index (χ0) is 18.1. The minimum absolute atomic E-state index is 0.123. The molecule has 2 atom stereocenters. The smallest absolute Gasteiger partial charge is 0.254 e. The minimum atomic E-state index is -1.34. The van der Waals surface area contributed by atoms with Gasteiger partial charge in [-0.2, -0.15) is 0 Å². The van der Waals surface area contributed by atoms with Gasteiger partial charge in [-0.15, -0.1) is 0 Å². The van der Waals surface area contributed by atoms with Gasteiger partial charge in [0.2, 0.25) is 0 Å². The lowest BCUT2D eigenvalue weighted by Crippen LogP contribution is -2.43. The number of likely N-dealkylation sites (tertiary alicyclic amines) is 1. The highest BCUT2D eigenvalue weighted by molar-refractivity contribution is 5.94. The van der Waals surface area contributed by atoms with Gasteiger partial charge >= 0.3 is 0 Å². The Morgan fingerprint density at radius 1 is 1.12 bits per heavy atom. The number of halogens is 3. The van der Waals surface area contributed by atoms with Crippen molar-refractivity contribution < 1.29 is 28.2 Å². The number of aliphatic hydroxyl groups is 2. The van der Waals surface area contributed by atoms with Crippen molar-refractivity contribution in [1.82, 2.24) is 10.2 Å². The molecule has 0 unspecified atom stereocenters. The molecule has 0 bridgehead atoms. The van der Waals surface area contributed by atoms with Crippen LogP contribution in [0.2, 0.25) is 0 Å². The lowest BCUT2D eigenvalue weighted by Gasteiger charge is -2.24. The summed E-state index contributed by atoms with van der Waals surface area (Å²) in [6, 6.07) is 0.205. The summed E-state index contributed by atoms with van der Waals surface area (Å²) < 4.78 is 40.1. The molecule has 1 aromatic carbocycles. The van der Waals surface area contributed by atoms with Crippen molar-refractivity contribution in [3.8, 4) is 0 Å². The number of amides is 1. The lowest BCUT2D eigenvalue weighted by molar-refractivity contribution is 0.0852. The molecule has 0 aromatic heterocycles. The standard InChI is InChI=1S/C17H21F3N2O3/c18-13-4-15(20)14(19)3-11(13)17(25)21-16-6-22(10(7-23)8-24)5-12(16)9-1-2-9/h3-4,9-10,12,16,23-24H,1-2,5-8H2,(H,21,25)/t12-,16+/m1/s1. The van der Waals surface area contributed by atoms with E-state index in [-0.39, 0.29) is 25.2 Å². The number of benzene rings is 1. The number of nitrogens with one attached hydrogen (secondary N) is 1. The van der Waals surface area contributed by atoms with Crippen molar-refractivity contribution in [1.29, 1.82) is 0 Å². The molecule has 0 spiro atoms. The Labute approximate surface area is 143 Å². The molecule has 138 valence electrons. The van der Waals surface area contributed by atoms with E-state index in [9.17, 15) is 28.2 Å². The maximum absolute atomic E-state index is 13.8. The summed E-state index contributed by atoms with van der Waals surface area (Å²) in [4.78, 5) is 14.2. The second-order valence-corrected chi connectivity index (χ2v) is 6.80. The van der Waals surface area contributed by atoms with Gasteiger partial charge in [0, 0.05) is 25.2 Å². The van der Waals surface area contributed by atoms with E-state index >= 15 is 0 Å². The van der Waals surface area contributed by atoms with Crippen molar-refractivity contribution in [2.75, 3.05) is 26.3 Å². The third-order valence-electron chi connectivity index (χ3n) is 5.13. The van der Waals surface area contributed by atoms with Crippen LogP contribution in [0.25, 0.3) is 0 Å². The van der Waals surface area contributed by atoms with Crippen molar-refractivity contribution >= 4 is 5.91 Å². The highest BCUT2D eigenvalue weighted by Gasteiger charge is 2.44. The molecule has 25 heavy (non-hydrogen) atoms. The average Bonchev–Trinajstić information content (AvgIpc) is 3.34. The maximum atomic E-state index is 13.8. The minimum Gasteiger partial charge on any atom is -0.395 e. The molecule has 1 aromatic rings. The summed E-state index contributed by atoms with van der Waals surface area (Å²) in [6.07, 6.45) is 2.07. The molecule has 1 heterocycles. The molecule has 8 heteroatoms. The SMILES string of the molecule is O=C(N[C@H]1CN(C(CO)CO)C[C@@H]1C1CC1)c1cc(F)c(F)cc1F. The zero-order valence-corrected chi connectivity index (χ0v) is 13.6. The highest BCUT2D eigenvalue weighted by atomic mass is 19.2. The Balaban J connectivity index is 1.74. The van der Waals surface area contributed by atoms with Crippen molar-refractivity contribution in [3.63, 3.8) is 0 Å². The van der Waals surface area contributed by atoms with Crippen LogP contribution in [0, 0.1) is 29.3 Å². The van der Waals surface area contributed by atoms with E-state index in [2.05, 4.69) is 5.32 Å². The molecule has 1 aliphatic heterocycles. The fourth-order valence-electron chi connectivity index (χ4n) is 3.54. The van der Waals surface area contributed by atoms with E-state index in [0.717, 1.165) is 12.8 Å². The summed E-state index contributed by atoms with van der Waals surface area (Å²) in [6.45, 7) is 0.615. The molecule has 1 aliphatic carbocycles. The number of carbonyl (C=O) groups is 1. The summed E-state index contributed by atoms with van der Waals surface area (Å²) in [7, 11) is 0. The van der Waals surface area contributed by atoms with Gasteiger partial charge in [0.25, 0.3) is 5.91 Å². The predicted octanol–water partition coefficient (Wildman–Crippen LogP) is 0.897. The van der Waals surface area contributed by atoms with Gasteiger partial charge in [-0.25, -0.2) is 13.2 Å². The first-order valence-corrected chi connectivity index (χ1v) is 8.35. The summed E-state index contributed by atoms with van der Waals surface area (Å²) >= 11 is 0. The third kappa shape index (κ3) is 3.80. The van der Waals surface area contributed by atoms with Crippen molar-refractivity contribution in [3.05, 3.63) is 35.1 Å². The van der Waals surface area contributed by atoms with Gasteiger partial charge in [-0.3, -0.25) is 9.69 Å². The largest absolute Gasteiger partial charge is 0.395 e. The lowest BCUT2D eigenvalue weighted by atomic mass is 9.97. The van der Waals surface area contributed by atoms with E-state index in [4.69, 9.17) is 0 Å². The summed E-state index contributed by atoms with van der Waals surface area (Å²) in [5, 5.41) is 21.4. The highest BCUT2D eigenvalue weighted by Crippen LogP contribution is 2.42. The Morgan fingerprint density at radius 3 is 2.36 bits per heavy atom. The normalized spacial score (nSPS) is 24.1. The van der Waals surface area contributed by atoms with Crippen LogP contribution in [-0.4, -0.2) is 59.4 Å². The van der Waals surface area contributed by atoms with Crippen LogP contribution in [0.3, 0.4) is 0 Å². The Hall–Kier alpha value is -1.64. The first kappa shape index (κ1) is 18.2. The van der Waals surface area contributed by atoms with Crippen LogP contribution in [0.15, 0.2) is 12.1 Å². The fraction of sp³-hybridized carbons (Fsp3) is 0.588. The van der Waals surface area contributed by atoms with E-state index in [1.165, 1.54) is 0 Å². The zero-order valence-electron chi connectivity index (χ0n) is 13.6. The Kier molecular flexibility index (Phi) is 5.31. The van der Waals surface area contributed by atoms with E-state index < -0.39 is 35.0 Å². The predicted molar refractivity (Wildman–Crippen MR) is 83.3 cm³/mol. The molecule has 3 rings (SSSR count). The van der Waals surface area contributed by atoms with Gasteiger partial charge in [-0.1, -0.05) is 0 Å². The van der Waals surface area contributed by atoms with E-state index in [0.29, 0.717) is 31.1 Å². The first-order chi connectivity index (χ1) is 11.9. The number of aliphatic hydroxyl groups excluding tert-OH is 2. The van der Waals surface area contributed by atoms with Gasteiger partial charge < -0.3 is 15.5 Å². The second kappa shape index (κ2) is 7.31. The first-order valence-electron chi connectivity index (χ1n) is 8.35. The van der Waals surface area contributed by atoms with E-state index in [1.807, 2.05) is 4.90 Å². The van der Waals surface area contributed by atoms with Crippen LogP contribution < -0.4 is 5.32 Å². The number of hydrogen-bond acceptors (Lipinski definition) is 4. The molecule has 1 saturated carbocycles. The fourth-order valence-corrected chi connectivity index (χ4v) is 3.54. The van der Waals surface area contributed by atoms with Crippen LogP contribution in [0.5, 0.6) is 0 Å². The van der Waals surface area contributed by atoms with Gasteiger partial charge in [-0.05, 0) is 30.7 Å². The molecule has 2 aliphatic rings. The van der Waals surface area contributed by atoms with Crippen LogP contribution in [0.4, 0.5) is 13.2 Å². The molecule has 0 radical (unpaired) electrons. The molecular formula is C17H21F3N2O3. The summed E-state index contributed by atoms with van der Waals surface area (Å²) in [5.41, 5.74) is -0.534. The van der Waals surface area contributed by atoms with Gasteiger partial charge in [0.1, 0.15) is 5.82 Å². The van der Waals surface area contributed by atoms with Crippen LogP contribution in [-0.2, 0) is 0 Å². The number of nitrogens with zero attached hydrogens (tertiary/aromatic N) is 1. The maximum Gasteiger partial charge on any atom is 0.254 e. The molecular weight excluding hydrogens is 337 g/mol. The quantitative estimate of drug-likeness (QED) is 0.661. The molecule has 5 nitrogen and oxygen atoms in total. The number of hydrogen-bond donors (Lipinski definition) is 3. The van der Waals surface area contributed by atoms with E-state index in [1.54, 1.807) is 0 Å². The average molecular weight is 358 g/mol. The molecule has 1 saturated heterocycles. The number of rotatable bonds is 6. The van der Waals surface area contributed by atoms with Crippen molar-refractivity contribution in [2.24, 2.45) is 11.8 Å². The van der Waals surface area contributed by atoms with Crippen LogP contribution >= 0.6 is 0 Å². The molecule has 3 N–H and O–H groups in total. The monoisotopic (exact) mass is 358 g/mol. The third-order valence-corrected chi connectivity index (χ3v) is 5.13. The Bertz CT molecular complexity index is 650. The number of carbonyl (C=O) groups excluding carboxylic acids is 1. The Morgan fingerprint density at radius 2 is 1.76 bits per heavy atom. The van der Waals surface area contributed by atoms with Gasteiger partial charge in [0.15, 0.2) is 11.6 Å². The van der Waals surface area contributed by atoms with Gasteiger partial charge in [0.05, 0.1) is 24.8 Å². The van der Waals surface area contributed by atoms with Crippen LogP contribution in [0.1, 0.15) is 23.2 Å².